The van der Waals surface area contributed by atoms with Gasteiger partial charge in [0.2, 0.25) is 5.96 Å². The monoisotopic (exact) mass is 444 g/mol. The van der Waals surface area contributed by atoms with Crippen LogP contribution in [0.5, 0.6) is 0 Å². The molecule has 0 bridgehead atoms. The molecular formula is C25H21FN4O3. The van der Waals surface area contributed by atoms with Crippen LogP contribution in [0.15, 0.2) is 89.0 Å². The van der Waals surface area contributed by atoms with Gasteiger partial charge in [-0.25, -0.2) is 4.39 Å². The summed E-state index contributed by atoms with van der Waals surface area (Å²) in [7, 11) is 0. The summed E-state index contributed by atoms with van der Waals surface area (Å²) in [4.78, 5) is 29.9. The van der Waals surface area contributed by atoms with Crippen molar-refractivity contribution in [2.75, 3.05) is 5.32 Å². The van der Waals surface area contributed by atoms with Crippen LogP contribution in [0.1, 0.15) is 39.6 Å². The fourth-order valence-corrected chi connectivity index (χ4v) is 3.21. The molecule has 1 heterocycles. The number of anilines is 1. The number of amides is 2. The van der Waals surface area contributed by atoms with Gasteiger partial charge < -0.3 is 10.1 Å². The smallest absolute Gasteiger partial charge is 0.282 e. The molecular weight excluding hydrogens is 423 g/mol. The maximum atomic E-state index is 13.7. The van der Waals surface area contributed by atoms with Crippen LogP contribution in [-0.2, 0) is 11.3 Å². The van der Waals surface area contributed by atoms with E-state index in [2.05, 4.69) is 15.4 Å². The Balaban J connectivity index is 1.65. The number of carbonyl (C=O) groups is 2. The molecule has 166 valence electrons. The van der Waals surface area contributed by atoms with E-state index in [4.69, 9.17) is 4.74 Å². The lowest BCUT2D eigenvalue weighted by Gasteiger charge is -2.13. The van der Waals surface area contributed by atoms with E-state index in [1.807, 2.05) is 37.3 Å². The van der Waals surface area contributed by atoms with Crippen LogP contribution in [0.25, 0.3) is 0 Å². The lowest BCUT2D eigenvalue weighted by Crippen LogP contribution is -2.28. The lowest BCUT2D eigenvalue weighted by molar-refractivity contribution is 0.0658. The molecule has 33 heavy (non-hydrogen) atoms. The molecule has 3 aromatic carbocycles. The normalized spacial score (nSPS) is 13.8. The number of hydrazone groups is 1. The minimum Gasteiger partial charge on any atom is -0.476 e. The molecule has 1 aliphatic rings. The Bertz CT molecular complexity index is 1210. The zero-order chi connectivity index (χ0) is 23.2. The van der Waals surface area contributed by atoms with Crippen LogP contribution in [-0.4, -0.2) is 28.7 Å². The summed E-state index contributed by atoms with van der Waals surface area (Å²) in [5.41, 5.74) is 1.83. The minimum absolute atomic E-state index is 0.0833. The number of ether oxygens (including phenoxy) is 1. The van der Waals surface area contributed by atoms with Gasteiger partial charge in [0.25, 0.3) is 11.8 Å². The first-order valence-electron chi connectivity index (χ1n) is 10.4. The highest BCUT2D eigenvalue weighted by atomic mass is 19.1. The van der Waals surface area contributed by atoms with Gasteiger partial charge in [-0.05, 0) is 35.9 Å². The van der Waals surface area contributed by atoms with Crippen LogP contribution >= 0.6 is 0 Å². The molecule has 0 spiro atoms. The first kappa shape index (κ1) is 21.9. The van der Waals surface area contributed by atoms with E-state index in [0.717, 1.165) is 10.6 Å². The van der Waals surface area contributed by atoms with Gasteiger partial charge in [0.05, 0.1) is 11.1 Å². The molecule has 3 aromatic rings. The van der Waals surface area contributed by atoms with Gasteiger partial charge in [-0.3, -0.25) is 9.59 Å². The fraction of sp³-hybridized carbons (Fsp3) is 0.120. The predicted octanol–water partition coefficient (Wildman–Crippen LogP) is 4.83. The van der Waals surface area contributed by atoms with E-state index < -0.39 is 17.6 Å². The summed E-state index contributed by atoms with van der Waals surface area (Å²) in [6.45, 7) is 2.14. The fourth-order valence-electron chi connectivity index (χ4n) is 3.21. The number of guanidine groups is 1. The van der Waals surface area contributed by atoms with Gasteiger partial charge in [-0.2, -0.15) is 10.0 Å². The van der Waals surface area contributed by atoms with Crippen molar-refractivity contribution in [3.63, 3.8) is 0 Å². The van der Waals surface area contributed by atoms with E-state index in [1.165, 1.54) is 18.2 Å². The summed E-state index contributed by atoms with van der Waals surface area (Å²) in [5, 5.41) is 7.79. The molecule has 0 unspecified atom stereocenters. The molecule has 0 aromatic heterocycles. The summed E-state index contributed by atoms with van der Waals surface area (Å²) in [6.07, 6.45) is 0.429. The molecule has 7 nitrogen and oxygen atoms in total. The van der Waals surface area contributed by atoms with Gasteiger partial charge in [0.1, 0.15) is 12.4 Å². The molecule has 1 N–H and O–H groups in total. The van der Waals surface area contributed by atoms with Gasteiger partial charge in [-0.1, -0.05) is 55.5 Å². The second-order valence-electron chi connectivity index (χ2n) is 7.16. The van der Waals surface area contributed by atoms with Crippen molar-refractivity contribution in [1.29, 1.82) is 0 Å². The number of hydrogen-bond acceptors (Lipinski definition) is 4. The second-order valence-corrected chi connectivity index (χ2v) is 7.16. The Labute approximate surface area is 190 Å². The highest BCUT2D eigenvalue weighted by Gasteiger charge is 2.36. The molecule has 0 atom stereocenters. The Morgan fingerprint density at radius 2 is 1.61 bits per heavy atom. The number of nitrogens with one attached hydrogen (secondary N) is 1. The standard InChI is InChI=1S/C25H21FN4O3/c1-2-22(33-16-17-9-4-3-5-10-17)28-25(27-19-12-8-11-18(26)15-19)29-30-23(31)20-13-6-7-14-21(20)24(30)32/h3-15H,2,16H2,1H3,(H,27,29)/b28-22+. The van der Waals surface area contributed by atoms with Gasteiger partial charge >= 0.3 is 0 Å². The zero-order valence-corrected chi connectivity index (χ0v) is 17.9. The van der Waals surface area contributed by atoms with Crippen molar-refractivity contribution < 1.29 is 18.7 Å². The van der Waals surface area contributed by atoms with Crippen LogP contribution in [0, 0.1) is 5.82 Å². The van der Waals surface area contributed by atoms with Crippen LogP contribution in [0.4, 0.5) is 10.1 Å². The number of aliphatic imine (C=N–C) groups is 1. The number of halogens is 1. The highest BCUT2D eigenvalue weighted by Crippen LogP contribution is 2.23. The Kier molecular flexibility index (Phi) is 6.54. The van der Waals surface area contributed by atoms with Crippen LogP contribution in [0.3, 0.4) is 0 Å². The van der Waals surface area contributed by atoms with E-state index >= 15 is 0 Å². The molecule has 0 aliphatic carbocycles. The number of imide groups is 1. The summed E-state index contributed by atoms with van der Waals surface area (Å²) in [6, 6.07) is 21.7. The Morgan fingerprint density at radius 3 is 2.24 bits per heavy atom. The van der Waals surface area contributed by atoms with Gasteiger partial charge in [0.15, 0.2) is 5.90 Å². The van der Waals surface area contributed by atoms with Gasteiger partial charge in [-0.15, -0.1) is 5.10 Å². The maximum Gasteiger partial charge on any atom is 0.282 e. The van der Waals surface area contributed by atoms with Crippen LogP contribution in [0.2, 0.25) is 0 Å². The van der Waals surface area contributed by atoms with Crippen molar-refractivity contribution in [1.82, 2.24) is 5.01 Å². The number of rotatable bonds is 5. The molecule has 0 radical (unpaired) electrons. The summed E-state index contributed by atoms with van der Waals surface area (Å²) >= 11 is 0. The lowest BCUT2D eigenvalue weighted by atomic mass is 10.1. The largest absolute Gasteiger partial charge is 0.476 e. The molecule has 0 fully saturated rings. The van der Waals surface area contributed by atoms with Crippen molar-refractivity contribution in [2.45, 2.75) is 20.0 Å². The maximum absolute atomic E-state index is 13.7. The predicted molar refractivity (Wildman–Crippen MR) is 123 cm³/mol. The van der Waals surface area contributed by atoms with Crippen molar-refractivity contribution in [3.8, 4) is 0 Å². The molecule has 0 saturated carbocycles. The molecule has 8 heteroatoms. The first-order valence-corrected chi connectivity index (χ1v) is 10.4. The van der Waals surface area contributed by atoms with E-state index in [9.17, 15) is 14.0 Å². The quantitative estimate of drug-likeness (QED) is 0.347. The number of nitrogens with zero attached hydrogens (tertiary/aromatic N) is 3. The van der Waals surface area contributed by atoms with E-state index in [1.54, 1.807) is 30.3 Å². The second kappa shape index (κ2) is 9.86. The Hall–Kier alpha value is -4.33. The average Bonchev–Trinajstić information content (AvgIpc) is 3.07. The van der Waals surface area contributed by atoms with E-state index in [-0.39, 0.29) is 23.7 Å². The first-order chi connectivity index (χ1) is 16.0. The SMILES string of the molecule is CC/C(=N\C(=N/N1C(=O)c2ccccc2C1=O)Nc1cccc(F)c1)OCc1ccccc1. The van der Waals surface area contributed by atoms with Crippen molar-refractivity contribution in [2.24, 2.45) is 10.1 Å². The number of fused-ring (bicyclic) bond motifs is 1. The van der Waals surface area contributed by atoms with Gasteiger partial charge in [0, 0.05) is 12.1 Å². The summed E-state index contributed by atoms with van der Waals surface area (Å²) in [5.74, 6) is -1.33. The van der Waals surface area contributed by atoms with Crippen molar-refractivity contribution >= 4 is 29.4 Å². The third-order valence-electron chi connectivity index (χ3n) is 4.83. The minimum atomic E-state index is -0.562. The zero-order valence-electron chi connectivity index (χ0n) is 17.9. The number of benzene rings is 3. The molecule has 4 rings (SSSR count). The Morgan fingerprint density at radius 1 is 0.939 bits per heavy atom. The third-order valence-corrected chi connectivity index (χ3v) is 4.83. The average molecular weight is 444 g/mol. The van der Waals surface area contributed by atoms with E-state index in [0.29, 0.717) is 18.0 Å². The molecule has 2 amide bonds. The van der Waals surface area contributed by atoms with Crippen molar-refractivity contribution in [3.05, 3.63) is 101 Å². The van der Waals surface area contributed by atoms with Crippen LogP contribution < -0.4 is 5.32 Å². The summed E-state index contributed by atoms with van der Waals surface area (Å²) < 4.78 is 19.5. The number of carbonyl (C=O) groups excluding carboxylic acids is 2. The third kappa shape index (κ3) is 5.12. The highest BCUT2D eigenvalue weighted by molar-refractivity contribution is 6.21. The molecule has 1 aliphatic heterocycles. The topological polar surface area (TPSA) is 83.4 Å². The molecule has 0 saturated heterocycles. The number of hydrogen-bond donors (Lipinski definition) is 1.